The van der Waals surface area contributed by atoms with Gasteiger partial charge in [0.15, 0.2) is 17.3 Å². The second-order valence-corrected chi connectivity index (χ2v) is 7.09. The van der Waals surface area contributed by atoms with E-state index >= 15 is 0 Å². The minimum Gasteiger partial charge on any atom is -0.370 e. The van der Waals surface area contributed by atoms with Gasteiger partial charge in [0.25, 0.3) is 5.91 Å². The van der Waals surface area contributed by atoms with Crippen molar-refractivity contribution in [1.82, 2.24) is 0 Å². The molecule has 0 heterocycles. The number of aliphatic imine (C=N–C) groups is 1. The Balaban J connectivity index is 1.86. The molecule has 7 heteroatoms. The summed E-state index contributed by atoms with van der Waals surface area (Å²) in [5.41, 5.74) is 16.3. The first kappa shape index (κ1) is 21.0. The molecule has 7 nitrogen and oxygen atoms in total. The number of carbonyl (C=O) groups is 2. The molecule has 0 spiro atoms. The van der Waals surface area contributed by atoms with E-state index in [-0.39, 0.29) is 18.9 Å². The maximum Gasteiger partial charge on any atom is 0.252 e. The number of hydrogen-bond donors (Lipinski definition) is 4. The number of ketones is 1. The molecular weight excluding hydrogens is 378 g/mol. The Morgan fingerprint density at radius 3 is 2.27 bits per heavy atom. The van der Waals surface area contributed by atoms with Gasteiger partial charge < -0.3 is 22.5 Å². The number of rotatable bonds is 8. The summed E-state index contributed by atoms with van der Waals surface area (Å²) in [5, 5.41) is 4.83. The van der Waals surface area contributed by atoms with Gasteiger partial charge in [-0.05, 0) is 35.7 Å². The minimum absolute atomic E-state index is 0.0485. The van der Waals surface area contributed by atoms with Crippen molar-refractivity contribution in [3.8, 4) is 0 Å². The van der Waals surface area contributed by atoms with Gasteiger partial charge >= 0.3 is 0 Å². The first-order chi connectivity index (χ1) is 14.4. The SMILES string of the molecule is NC(N)=NCCCC(N)(C(=O)Nc1ccc2ccccc2c1)C(=O)c1ccccc1. The highest BCUT2D eigenvalue weighted by molar-refractivity contribution is 6.21. The number of amides is 1. The number of fused-ring (bicyclic) bond motifs is 1. The molecule has 1 atom stereocenters. The van der Waals surface area contributed by atoms with Crippen LogP contribution in [0.5, 0.6) is 0 Å². The van der Waals surface area contributed by atoms with Gasteiger partial charge in [-0.15, -0.1) is 0 Å². The molecule has 0 saturated heterocycles. The molecule has 0 fully saturated rings. The van der Waals surface area contributed by atoms with Gasteiger partial charge in [0.05, 0.1) is 0 Å². The van der Waals surface area contributed by atoms with E-state index in [1.807, 2.05) is 36.4 Å². The second kappa shape index (κ2) is 9.19. The highest BCUT2D eigenvalue weighted by Gasteiger charge is 2.41. The molecule has 154 valence electrons. The van der Waals surface area contributed by atoms with Crippen LogP contribution in [0.25, 0.3) is 10.8 Å². The molecule has 0 saturated carbocycles. The monoisotopic (exact) mass is 403 g/mol. The summed E-state index contributed by atoms with van der Waals surface area (Å²) in [6.07, 6.45) is 0.467. The van der Waals surface area contributed by atoms with Crippen LogP contribution in [-0.2, 0) is 4.79 Å². The van der Waals surface area contributed by atoms with E-state index < -0.39 is 17.2 Å². The molecular formula is C23H25N5O2. The van der Waals surface area contributed by atoms with E-state index in [1.165, 1.54) is 0 Å². The quantitative estimate of drug-likeness (QED) is 0.150. The van der Waals surface area contributed by atoms with Crippen LogP contribution in [-0.4, -0.2) is 29.7 Å². The highest BCUT2D eigenvalue weighted by Crippen LogP contribution is 2.23. The van der Waals surface area contributed by atoms with Crippen LogP contribution in [0.2, 0.25) is 0 Å². The predicted octanol–water partition coefficient (Wildman–Crippen LogP) is 2.41. The zero-order valence-electron chi connectivity index (χ0n) is 16.5. The number of Topliss-reactive ketones (excluding diaryl/α,β-unsaturated/α-hetero) is 1. The minimum atomic E-state index is -1.76. The number of anilines is 1. The topological polar surface area (TPSA) is 137 Å². The van der Waals surface area contributed by atoms with Crippen molar-refractivity contribution in [1.29, 1.82) is 0 Å². The van der Waals surface area contributed by atoms with E-state index in [0.717, 1.165) is 10.8 Å². The number of nitrogens with one attached hydrogen (secondary N) is 1. The van der Waals surface area contributed by atoms with Crippen LogP contribution in [0.15, 0.2) is 77.8 Å². The molecule has 1 unspecified atom stereocenters. The summed E-state index contributed by atoms with van der Waals surface area (Å²) in [6, 6.07) is 21.9. The second-order valence-electron chi connectivity index (χ2n) is 7.09. The average molecular weight is 403 g/mol. The van der Waals surface area contributed by atoms with Gasteiger partial charge in [-0.2, -0.15) is 0 Å². The number of carbonyl (C=O) groups excluding carboxylic acids is 2. The van der Waals surface area contributed by atoms with Gasteiger partial charge in [-0.25, -0.2) is 0 Å². The molecule has 0 aliphatic carbocycles. The third-order valence-corrected chi connectivity index (χ3v) is 4.88. The van der Waals surface area contributed by atoms with Gasteiger partial charge in [0.1, 0.15) is 0 Å². The maximum atomic E-state index is 13.2. The summed E-state index contributed by atoms with van der Waals surface area (Å²) in [6.45, 7) is 0.270. The Kier molecular flexibility index (Phi) is 6.44. The third-order valence-electron chi connectivity index (χ3n) is 4.88. The molecule has 0 aliphatic rings. The summed E-state index contributed by atoms with van der Waals surface area (Å²) in [4.78, 5) is 30.2. The molecule has 3 aromatic carbocycles. The fraction of sp³-hybridized carbons (Fsp3) is 0.174. The number of nitrogens with two attached hydrogens (primary N) is 3. The number of hydrogen-bond acceptors (Lipinski definition) is 4. The lowest BCUT2D eigenvalue weighted by Crippen LogP contribution is -2.57. The molecule has 30 heavy (non-hydrogen) atoms. The number of benzene rings is 3. The lowest BCUT2D eigenvalue weighted by atomic mass is 9.84. The zero-order chi connectivity index (χ0) is 21.6. The van der Waals surface area contributed by atoms with Crippen molar-refractivity contribution >= 4 is 34.1 Å². The summed E-state index contributed by atoms with van der Waals surface area (Å²) in [7, 11) is 0. The van der Waals surface area contributed by atoms with Gasteiger partial charge in [-0.1, -0.05) is 60.7 Å². The van der Waals surface area contributed by atoms with E-state index in [1.54, 1.807) is 36.4 Å². The fourth-order valence-electron chi connectivity index (χ4n) is 3.25. The van der Waals surface area contributed by atoms with Crippen molar-refractivity contribution < 1.29 is 9.59 Å². The lowest BCUT2D eigenvalue weighted by Gasteiger charge is -2.27. The highest BCUT2D eigenvalue weighted by atomic mass is 16.2. The standard InChI is InChI=1S/C23H25N5O2/c24-22(25)27-14-6-13-23(26,20(29)17-8-2-1-3-9-17)21(30)28-19-12-11-16-7-4-5-10-18(16)15-19/h1-5,7-12,15H,6,13-14,26H2,(H,28,30)(H4,24,25,27). The first-order valence-corrected chi connectivity index (χ1v) is 9.64. The Morgan fingerprint density at radius 1 is 0.900 bits per heavy atom. The normalized spacial score (nSPS) is 12.7. The Bertz CT molecular complexity index is 1080. The smallest absolute Gasteiger partial charge is 0.252 e. The van der Waals surface area contributed by atoms with Crippen molar-refractivity contribution in [2.24, 2.45) is 22.2 Å². The molecule has 0 bridgehead atoms. The van der Waals surface area contributed by atoms with Crippen LogP contribution in [0, 0.1) is 0 Å². The van der Waals surface area contributed by atoms with Crippen molar-refractivity contribution in [2.75, 3.05) is 11.9 Å². The molecule has 3 rings (SSSR count). The van der Waals surface area contributed by atoms with E-state index in [2.05, 4.69) is 10.3 Å². The number of nitrogens with zero attached hydrogens (tertiary/aromatic N) is 1. The summed E-state index contributed by atoms with van der Waals surface area (Å²) in [5.74, 6) is -1.07. The van der Waals surface area contributed by atoms with Gasteiger partial charge in [0, 0.05) is 17.8 Å². The zero-order valence-corrected chi connectivity index (χ0v) is 16.5. The lowest BCUT2D eigenvalue weighted by molar-refractivity contribution is -0.119. The molecule has 1 amide bonds. The Labute approximate surface area is 175 Å². The predicted molar refractivity (Wildman–Crippen MR) is 120 cm³/mol. The van der Waals surface area contributed by atoms with Crippen LogP contribution >= 0.6 is 0 Å². The Morgan fingerprint density at radius 2 is 1.57 bits per heavy atom. The average Bonchev–Trinajstić information content (AvgIpc) is 2.76. The maximum absolute atomic E-state index is 13.2. The summed E-state index contributed by atoms with van der Waals surface area (Å²) >= 11 is 0. The molecule has 0 radical (unpaired) electrons. The van der Waals surface area contributed by atoms with Crippen LogP contribution in [0.4, 0.5) is 5.69 Å². The van der Waals surface area contributed by atoms with Crippen LogP contribution in [0.3, 0.4) is 0 Å². The van der Waals surface area contributed by atoms with Crippen molar-refractivity contribution in [3.05, 3.63) is 78.4 Å². The Hall–Kier alpha value is -3.71. The van der Waals surface area contributed by atoms with Crippen LogP contribution < -0.4 is 22.5 Å². The first-order valence-electron chi connectivity index (χ1n) is 9.64. The molecule has 7 N–H and O–H groups in total. The number of guanidine groups is 1. The summed E-state index contributed by atoms with van der Waals surface area (Å²) < 4.78 is 0. The fourth-order valence-corrected chi connectivity index (χ4v) is 3.25. The molecule has 0 aromatic heterocycles. The van der Waals surface area contributed by atoms with E-state index in [9.17, 15) is 9.59 Å². The van der Waals surface area contributed by atoms with Crippen molar-refractivity contribution in [3.63, 3.8) is 0 Å². The van der Waals surface area contributed by atoms with E-state index in [0.29, 0.717) is 17.7 Å². The third kappa shape index (κ3) is 4.82. The van der Waals surface area contributed by atoms with Gasteiger partial charge in [0.2, 0.25) is 0 Å². The van der Waals surface area contributed by atoms with E-state index in [4.69, 9.17) is 17.2 Å². The molecule has 3 aromatic rings. The van der Waals surface area contributed by atoms with Gasteiger partial charge in [-0.3, -0.25) is 14.6 Å². The van der Waals surface area contributed by atoms with Crippen molar-refractivity contribution in [2.45, 2.75) is 18.4 Å². The molecule has 0 aliphatic heterocycles. The largest absolute Gasteiger partial charge is 0.370 e. The van der Waals surface area contributed by atoms with Crippen LogP contribution in [0.1, 0.15) is 23.2 Å².